The van der Waals surface area contributed by atoms with Gasteiger partial charge in [0.15, 0.2) is 0 Å². The van der Waals surface area contributed by atoms with Gasteiger partial charge in [-0.2, -0.15) is 0 Å². The third-order valence-electron chi connectivity index (χ3n) is 5.82. The van der Waals surface area contributed by atoms with Crippen LogP contribution >= 0.6 is 34.8 Å². The number of ether oxygens (including phenoxy) is 2. The van der Waals surface area contributed by atoms with E-state index in [0.29, 0.717) is 33.8 Å². The zero-order chi connectivity index (χ0) is 26.6. The highest BCUT2D eigenvalue weighted by atomic mass is 35.6. The minimum atomic E-state index is -1.68. The van der Waals surface area contributed by atoms with Crippen LogP contribution in [0.2, 0.25) is 0 Å². The summed E-state index contributed by atoms with van der Waals surface area (Å²) in [7, 11) is 0. The fourth-order valence-corrected chi connectivity index (χ4v) is 4.73. The van der Waals surface area contributed by atoms with Gasteiger partial charge in [-0.15, -0.1) is 0 Å². The van der Waals surface area contributed by atoms with Gasteiger partial charge in [-0.1, -0.05) is 95.5 Å². The van der Waals surface area contributed by atoms with E-state index < -0.39 is 21.6 Å². The summed E-state index contributed by atoms with van der Waals surface area (Å²) in [5.41, 5.74) is 3.79. The molecule has 0 aliphatic rings. The maximum atomic E-state index is 12.5. The van der Waals surface area contributed by atoms with Crippen molar-refractivity contribution in [3.63, 3.8) is 0 Å². The number of halogens is 3. The molecule has 0 saturated heterocycles. The van der Waals surface area contributed by atoms with Crippen molar-refractivity contribution in [2.75, 3.05) is 0 Å². The normalized spacial score (nSPS) is 11.3. The molecule has 0 aromatic heterocycles. The summed E-state index contributed by atoms with van der Waals surface area (Å²) in [4.78, 5) is 25.0. The third kappa shape index (κ3) is 6.53. The van der Waals surface area contributed by atoms with Gasteiger partial charge in [0.05, 0.1) is 17.0 Å². The first-order valence-electron chi connectivity index (χ1n) is 11.5. The Kier molecular flexibility index (Phi) is 8.23. The lowest BCUT2D eigenvalue weighted by Crippen LogP contribution is -2.19. The lowest BCUT2D eigenvalue weighted by Gasteiger charge is -2.26. The van der Waals surface area contributed by atoms with Gasteiger partial charge >= 0.3 is 11.9 Å². The Morgan fingerprint density at radius 3 is 1.32 bits per heavy atom. The second kappa shape index (κ2) is 11.4. The Labute approximate surface area is 230 Å². The number of esters is 2. The van der Waals surface area contributed by atoms with Crippen LogP contribution in [-0.4, -0.2) is 15.7 Å². The zero-order valence-electron chi connectivity index (χ0n) is 20.1. The van der Waals surface area contributed by atoms with Crippen LogP contribution < -0.4 is 9.47 Å². The van der Waals surface area contributed by atoms with Crippen molar-refractivity contribution in [3.05, 3.63) is 130 Å². The largest absolute Gasteiger partial charge is 0.423 e. The standard InChI is InChI=1S/C30H23Cl3O4/c1-19-17-23(13-15-25(19)36-28(34)21-9-5-3-6-10-21)27(30(31,32)33)24-14-16-26(20(2)18-24)37-29(35)22-11-7-4-8-12-22/h3-18,27H,1-2H3. The second-order valence-electron chi connectivity index (χ2n) is 8.54. The molecule has 37 heavy (non-hydrogen) atoms. The molecule has 0 radical (unpaired) electrons. The minimum Gasteiger partial charge on any atom is -0.423 e. The second-order valence-corrected chi connectivity index (χ2v) is 10.9. The van der Waals surface area contributed by atoms with E-state index in [1.54, 1.807) is 72.8 Å². The molecule has 4 rings (SSSR count). The lowest BCUT2D eigenvalue weighted by atomic mass is 9.90. The van der Waals surface area contributed by atoms with Crippen LogP contribution in [0.5, 0.6) is 11.5 Å². The Hall–Kier alpha value is -3.31. The van der Waals surface area contributed by atoms with E-state index in [4.69, 9.17) is 44.3 Å². The highest BCUT2D eigenvalue weighted by molar-refractivity contribution is 6.68. The fraction of sp³-hybridized carbons (Fsp3) is 0.133. The summed E-state index contributed by atoms with van der Waals surface area (Å²) in [6.45, 7) is 3.65. The van der Waals surface area contributed by atoms with Gasteiger partial charge in [0, 0.05) is 0 Å². The van der Waals surface area contributed by atoms with Gasteiger partial charge < -0.3 is 9.47 Å². The summed E-state index contributed by atoms with van der Waals surface area (Å²) >= 11 is 19.3. The van der Waals surface area contributed by atoms with Gasteiger partial charge in [-0.05, 0) is 72.5 Å². The van der Waals surface area contributed by atoms with E-state index in [-0.39, 0.29) is 0 Å². The molecule has 0 fully saturated rings. The quantitative estimate of drug-likeness (QED) is 0.137. The van der Waals surface area contributed by atoms with Gasteiger partial charge in [0.25, 0.3) is 0 Å². The third-order valence-corrected chi connectivity index (χ3v) is 6.47. The predicted octanol–water partition coefficient (Wildman–Crippen LogP) is 8.24. The van der Waals surface area contributed by atoms with Crippen molar-refractivity contribution in [2.24, 2.45) is 0 Å². The van der Waals surface area contributed by atoms with Gasteiger partial charge in [-0.25, -0.2) is 9.59 Å². The molecule has 0 saturated carbocycles. The first-order chi connectivity index (χ1) is 17.6. The van der Waals surface area contributed by atoms with Crippen molar-refractivity contribution in [3.8, 4) is 11.5 Å². The summed E-state index contributed by atoms with van der Waals surface area (Å²) < 4.78 is 9.48. The summed E-state index contributed by atoms with van der Waals surface area (Å²) in [5.74, 6) is -0.705. The van der Waals surface area contributed by atoms with Crippen molar-refractivity contribution >= 4 is 46.7 Å². The molecule has 0 bridgehead atoms. The monoisotopic (exact) mass is 552 g/mol. The van der Waals surface area contributed by atoms with Crippen LogP contribution in [0.1, 0.15) is 48.9 Å². The smallest absolute Gasteiger partial charge is 0.343 e. The van der Waals surface area contributed by atoms with E-state index in [9.17, 15) is 9.59 Å². The minimum absolute atomic E-state index is 0.417. The van der Waals surface area contributed by atoms with Crippen molar-refractivity contribution in [1.82, 2.24) is 0 Å². The van der Waals surface area contributed by atoms with Crippen LogP contribution in [0, 0.1) is 13.8 Å². The van der Waals surface area contributed by atoms with Crippen LogP contribution in [0.4, 0.5) is 0 Å². The average molecular weight is 554 g/mol. The average Bonchev–Trinajstić information content (AvgIpc) is 2.87. The van der Waals surface area contributed by atoms with Crippen molar-refractivity contribution < 1.29 is 19.1 Å². The molecular formula is C30H23Cl3O4. The molecular weight excluding hydrogens is 531 g/mol. The Morgan fingerprint density at radius 1 is 0.622 bits per heavy atom. The van der Waals surface area contributed by atoms with Crippen LogP contribution in [-0.2, 0) is 0 Å². The maximum Gasteiger partial charge on any atom is 0.343 e. The van der Waals surface area contributed by atoms with E-state index in [1.165, 1.54) is 0 Å². The highest BCUT2D eigenvalue weighted by Gasteiger charge is 2.36. The molecule has 0 spiro atoms. The van der Waals surface area contributed by atoms with Crippen LogP contribution in [0.25, 0.3) is 0 Å². The number of alkyl halides is 3. The van der Waals surface area contributed by atoms with E-state index in [0.717, 1.165) is 11.1 Å². The molecule has 0 aliphatic heterocycles. The number of aryl methyl sites for hydroxylation is 2. The van der Waals surface area contributed by atoms with E-state index in [1.807, 2.05) is 38.1 Å². The number of benzene rings is 4. The predicted molar refractivity (Wildman–Crippen MR) is 147 cm³/mol. The highest BCUT2D eigenvalue weighted by Crippen LogP contribution is 2.47. The number of carbonyl (C=O) groups is 2. The summed E-state index contributed by atoms with van der Waals surface area (Å²) in [6.07, 6.45) is 0. The van der Waals surface area contributed by atoms with Gasteiger partial charge in [0.1, 0.15) is 11.5 Å². The molecule has 4 aromatic carbocycles. The Morgan fingerprint density at radius 2 is 1.00 bits per heavy atom. The van der Waals surface area contributed by atoms with Crippen LogP contribution in [0.15, 0.2) is 97.1 Å². The number of rotatable bonds is 6. The molecule has 4 nitrogen and oxygen atoms in total. The molecule has 0 atom stereocenters. The number of hydrogen-bond acceptors (Lipinski definition) is 4. The topological polar surface area (TPSA) is 52.6 Å². The SMILES string of the molecule is Cc1cc(C(c2ccc(OC(=O)c3ccccc3)c(C)c2)C(Cl)(Cl)Cl)ccc1OC(=O)c1ccccc1. The molecule has 0 N–H and O–H groups in total. The molecule has 0 unspecified atom stereocenters. The molecule has 0 heterocycles. The Balaban J connectivity index is 1.59. The molecule has 0 aliphatic carbocycles. The van der Waals surface area contributed by atoms with E-state index >= 15 is 0 Å². The number of hydrogen-bond donors (Lipinski definition) is 0. The summed E-state index contributed by atoms with van der Waals surface area (Å²) in [6, 6.07) is 28.1. The van der Waals surface area contributed by atoms with E-state index in [2.05, 4.69) is 0 Å². The van der Waals surface area contributed by atoms with Crippen molar-refractivity contribution in [2.45, 2.75) is 23.6 Å². The molecule has 188 valence electrons. The Bertz CT molecular complexity index is 1310. The van der Waals surface area contributed by atoms with Gasteiger partial charge in [0.2, 0.25) is 3.79 Å². The first kappa shape index (κ1) is 26.7. The zero-order valence-corrected chi connectivity index (χ0v) is 22.3. The molecule has 0 amide bonds. The fourth-order valence-electron chi connectivity index (χ4n) is 3.97. The molecule has 4 aromatic rings. The molecule has 7 heteroatoms. The van der Waals surface area contributed by atoms with Crippen LogP contribution in [0.3, 0.4) is 0 Å². The number of carbonyl (C=O) groups excluding carboxylic acids is 2. The summed E-state index contributed by atoms with van der Waals surface area (Å²) in [5, 5.41) is 0. The first-order valence-corrected chi connectivity index (χ1v) is 12.6. The van der Waals surface area contributed by atoms with Gasteiger partial charge in [-0.3, -0.25) is 0 Å². The lowest BCUT2D eigenvalue weighted by molar-refractivity contribution is 0.0724. The maximum absolute atomic E-state index is 12.5. The van der Waals surface area contributed by atoms with Crippen molar-refractivity contribution in [1.29, 1.82) is 0 Å².